The van der Waals surface area contributed by atoms with E-state index in [0.717, 1.165) is 19.6 Å². The van der Waals surface area contributed by atoms with Crippen molar-refractivity contribution in [1.82, 2.24) is 5.32 Å². The minimum absolute atomic E-state index is 0.311. The summed E-state index contributed by atoms with van der Waals surface area (Å²) >= 11 is 0. The Balaban J connectivity index is 2.21. The smallest absolute Gasteiger partial charge is 0.0452 e. The zero-order valence-corrected chi connectivity index (χ0v) is 11.1. The Hall–Kier alpha value is -1.02. The lowest BCUT2D eigenvalue weighted by Gasteiger charge is -2.45. The number of nitrogens with zero attached hydrogens (tertiary/aromatic N) is 1. The second-order valence-corrected chi connectivity index (χ2v) is 6.12. The van der Waals surface area contributed by atoms with Crippen molar-refractivity contribution in [3.8, 4) is 0 Å². The third-order valence-corrected chi connectivity index (χ3v) is 4.32. The maximum Gasteiger partial charge on any atom is 0.0452 e. The van der Waals surface area contributed by atoms with Crippen molar-refractivity contribution in [2.24, 2.45) is 0 Å². The molecule has 0 bridgehead atoms. The molecule has 0 aliphatic carbocycles. The molecule has 2 nitrogen and oxygen atoms in total. The van der Waals surface area contributed by atoms with Gasteiger partial charge >= 0.3 is 0 Å². The van der Waals surface area contributed by atoms with Crippen molar-refractivity contribution in [3.05, 3.63) is 29.3 Å². The Morgan fingerprint density at radius 1 is 1.35 bits per heavy atom. The number of rotatable bonds is 0. The van der Waals surface area contributed by atoms with Gasteiger partial charge in [-0.1, -0.05) is 32.0 Å². The normalized spacial score (nSPS) is 26.3. The molecule has 0 aromatic heterocycles. The van der Waals surface area contributed by atoms with E-state index in [1.54, 1.807) is 0 Å². The quantitative estimate of drug-likeness (QED) is 0.737. The van der Waals surface area contributed by atoms with Crippen LogP contribution in [0.2, 0.25) is 0 Å². The second kappa shape index (κ2) is 3.74. The molecule has 1 N–H and O–H groups in total. The van der Waals surface area contributed by atoms with Crippen molar-refractivity contribution < 1.29 is 0 Å². The van der Waals surface area contributed by atoms with Crippen LogP contribution in [0.25, 0.3) is 0 Å². The largest absolute Gasteiger partial charge is 0.367 e. The summed E-state index contributed by atoms with van der Waals surface area (Å²) in [6.45, 7) is 10.4. The van der Waals surface area contributed by atoms with Gasteiger partial charge in [-0.3, -0.25) is 0 Å². The average Bonchev–Trinajstić information content (AvgIpc) is 2.48. The maximum absolute atomic E-state index is 3.53. The molecule has 1 atom stereocenters. The lowest BCUT2D eigenvalue weighted by molar-refractivity contribution is 0.396. The van der Waals surface area contributed by atoms with Gasteiger partial charge in [0.05, 0.1) is 0 Å². The number of hydrogen-bond acceptors (Lipinski definition) is 2. The Morgan fingerprint density at radius 3 is 3.00 bits per heavy atom. The van der Waals surface area contributed by atoms with Crippen LogP contribution >= 0.6 is 0 Å². The van der Waals surface area contributed by atoms with Crippen LogP contribution in [0, 0.1) is 0 Å². The van der Waals surface area contributed by atoms with E-state index in [4.69, 9.17) is 0 Å². The molecule has 0 radical (unpaired) electrons. The highest BCUT2D eigenvalue weighted by Crippen LogP contribution is 2.44. The van der Waals surface area contributed by atoms with Crippen molar-refractivity contribution >= 4 is 5.69 Å². The molecule has 1 aromatic rings. The van der Waals surface area contributed by atoms with E-state index in [0.29, 0.717) is 11.5 Å². The van der Waals surface area contributed by atoms with Gasteiger partial charge in [0.1, 0.15) is 0 Å². The van der Waals surface area contributed by atoms with Gasteiger partial charge in [0.15, 0.2) is 0 Å². The first-order chi connectivity index (χ1) is 8.09. The maximum atomic E-state index is 3.53. The first-order valence-electron chi connectivity index (χ1n) is 6.69. The molecule has 3 rings (SSSR count). The Bertz CT molecular complexity index is 437. The highest BCUT2D eigenvalue weighted by atomic mass is 15.2. The number of benzene rings is 1. The van der Waals surface area contributed by atoms with E-state index in [-0.39, 0.29) is 0 Å². The van der Waals surface area contributed by atoms with Gasteiger partial charge in [-0.25, -0.2) is 0 Å². The molecule has 2 aliphatic heterocycles. The Labute approximate surface area is 104 Å². The summed E-state index contributed by atoms with van der Waals surface area (Å²) in [5.41, 5.74) is 4.84. The first kappa shape index (κ1) is 11.1. The van der Waals surface area contributed by atoms with Gasteiger partial charge in [0, 0.05) is 31.4 Å². The van der Waals surface area contributed by atoms with Crippen LogP contribution in [-0.2, 0) is 12.0 Å². The summed E-state index contributed by atoms with van der Waals surface area (Å²) in [5.74, 6) is 0. The summed E-state index contributed by atoms with van der Waals surface area (Å²) in [4.78, 5) is 2.61. The highest BCUT2D eigenvalue weighted by molar-refractivity contribution is 5.65. The monoisotopic (exact) mass is 230 g/mol. The molecular weight excluding hydrogens is 208 g/mol. The van der Waals surface area contributed by atoms with Gasteiger partial charge in [-0.05, 0) is 29.9 Å². The molecule has 92 valence electrons. The molecule has 2 heterocycles. The molecule has 2 aliphatic rings. The fourth-order valence-electron chi connectivity index (χ4n) is 3.55. The minimum atomic E-state index is 0.311. The summed E-state index contributed by atoms with van der Waals surface area (Å²) in [5, 5.41) is 3.53. The van der Waals surface area contributed by atoms with Crippen LogP contribution in [0.1, 0.15) is 38.3 Å². The molecule has 0 saturated heterocycles. The van der Waals surface area contributed by atoms with Crippen molar-refractivity contribution in [2.45, 2.75) is 45.2 Å². The van der Waals surface area contributed by atoms with Crippen LogP contribution in [0.3, 0.4) is 0 Å². The van der Waals surface area contributed by atoms with Crippen LogP contribution in [0.5, 0.6) is 0 Å². The summed E-state index contributed by atoms with van der Waals surface area (Å²) in [6.07, 6.45) is 1.25. The van der Waals surface area contributed by atoms with Gasteiger partial charge in [0.25, 0.3) is 0 Å². The zero-order valence-electron chi connectivity index (χ0n) is 11.1. The second-order valence-electron chi connectivity index (χ2n) is 6.12. The third kappa shape index (κ3) is 1.66. The molecule has 0 saturated carbocycles. The van der Waals surface area contributed by atoms with Crippen LogP contribution < -0.4 is 10.2 Å². The molecule has 0 amide bonds. The standard InChI is InChI=1S/C15H22N2/c1-11-9-15(2,3)13-6-4-5-12-10-16-7-8-17(11)14(12)13/h4-6,11,16H,7-10H2,1-3H3. The average molecular weight is 230 g/mol. The number of nitrogens with one attached hydrogen (secondary N) is 1. The van der Waals surface area contributed by atoms with Crippen molar-refractivity contribution in [1.29, 1.82) is 0 Å². The van der Waals surface area contributed by atoms with Crippen LogP contribution in [0.15, 0.2) is 18.2 Å². The van der Waals surface area contributed by atoms with Crippen molar-refractivity contribution in [2.75, 3.05) is 18.0 Å². The molecular formula is C15H22N2. The van der Waals surface area contributed by atoms with E-state index < -0.39 is 0 Å². The fraction of sp³-hybridized carbons (Fsp3) is 0.600. The SMILES string of the molecule is CC1CC(C)(C)c2cccc3c2N1CCNC3. The number of anilines is 1. The van der Waals surface area contributed by atoms with E-state index in [1.165, 1.54) is 23.2 Å². The van der Waals surface area contributed by atoms with E-state index in [1.807, 2.05) is 0 Å². The topological polar surface area (TPSA) is 15.3 Å². The minimum Gasteiger partial charge on any atom is -0.367 e. The van der Waals surface area contributed by atoms with Crippen LogP contribution in [0.4, 0.5) is 5.69 Å². The summed E-state index contributed by atoms with van der Waals surface area (Å²) < 4.78 is 0. The molecule has 0 spiro atoms. The highest BCUT2D eigenvalue weighted by Gasteiger charge is 2.36. The van der Waals surface area contributed by atoms with E-state index in [2.05, 4.69) is 49.2 Å². The third-order valence-electron chi connectivity index (χ3n) is 4.32. The van der Waals surface area contributed by atoms with Gasteiger partial charge in [-0.15, -0.1) is 0 Å². The summed E-state index contributed by atoms with van der Waals surface area (Å²) in [6, 6.07) is 7.47. The molecule has 0 fully saturated rings. The predicted molar refractivity (Wildman–Crippen MR) is 72.6 cm³/mol. The molecule has 1 unspecified atom stereocenters. The number of para-hydroxylation sites is 1. The van der Waals surface area contributed by atoms with Gasteiger partial charge in [0.2, 0.25) is 0 Å². The van der Waals surface area contributed by atoms with Crippen LogP contribution in [-0.4, -0.2) is 19.1 Å². The molecule has 17 heavy (non-hydrogen) atoms. The lowest BCUT2D eigenvalue weighted by Crippen LogP contribution is -2.45. The Morgan fingerprint density at radius 2 is 2.18 bits per heavy atom. The molecule has 1 aromatic carbocycles. The summed E-state index contributed by atoms with van der Waals surface area (Å²) in [7, 11) is 0. The predicted octanol–water partition coefficient (Wildman–Crippen LogP) is 2.67. The van der Waals surface area contributed by atoms with Crippen molar-refractivity contribution in [3.63, 3.8) is 0 Å². The first-order valence-corrected chi connectivity index (χ1v) is 6.69. The van der Waals surface area contributed by atoms with E-state index in [9.17, 15) is 0 Å². The van der Waals surface area contributed by atoms with E-state index >= 15 is 0 Å². The fourth-order valence-corrected chi connectivity index (χ4v) is 3.55. The van der Waals surface area contributed by atoms with Gasteiger partial charge < -0.3 is 10.2 Å². The molecule has 2 heteroatoms. The number of hydrogen-bond donors (Lipinski definition) is 1. The van der Waals surface area contributed by atoms with Gasteiger partial charge in [-0.2, -0.15) is 0 Å². The zero-order chi connectivity index (χ0) is 12.0. The lowest BCUT2D eigenvalue weighted by atomic mass is 9.74. The Kier molecular flexibility index (Phi) is 2.44.